The zero-order chi connectivity index (χ0) is 15.5. The van der Waals surface area contributed by atoms with Gasteiger partial charge in [0.05, 0.1) is 35.0 Å². The number of rotatable bonds is 4. The molecule has 0 radical (unpaired) electrons. The number of nitro groups is 1. The first-order valence-corrected chi connectivity index (χ1v) is 6.52. The van der Waals surface area contributed by atoms with Crippen LogP contribution in [0.5, 0.6) is 0 Å². The summed E-state index contributed by atoms with van der Waals surface area (Å²) in [6, 6.07) is 12.2. The lowest BCUT2D eigenvalue weighted by molar-refractivity contribution is -0.385. The second kappa shape index (κ2) is 5.54. The van der Waals surface area contributed by atoms with E-state index in [-0.39, 0.29) is 5.69 Å². The summed E-state index contributed by atoms with van der Waals surface area (Å²) in [5.74, 6) is 0. The molecule has 0 saturated carbocycles. The number of benzene rings is 1. The molecule has 0 saturated heterocycles. The van der Waals surface area contributed by atoms with Gasteiger partial charge in [-0.2, -0.15) is 5.26 Å². The van der Waals surface area contributed by atoms with E-state index < -0.39 is 4.92 Å². The van der Waals surface area contributed by atoms with Gasteiger partial charge in [-0.3, -0.25) is 14.5 Å². The van der Waals surface area contributed by atoms with Crippen LogP contribution in [0.3, 0.4) is 0 Å². The molecule has 0 aliphatic rings. The van der Waals surface area contributed by atoms with Gasteiger partial charge < -0.3 is 5.32 Å². The third-order valence-corrected chi connectivity index (χ3v) is 3.18. The lowest BCUT2D eigenvalue weighted by Gasteiger charge is -2.03. The normalized spacial score (nSPS) is 10.3. The fourth-order valence-corrected chi connectivity index (χ4v) is 2.08. The molecule has 0 amide bonds. The topological polar surface area (TPSA) is 96.3 Å². The van der Waals surface area contributed by atoms with Crippen molar-refractivity contribution >= 4 is 17.0 Å². The highest BCUT2D eigenvalue weighted by Gasteiger charge is 2.08. The highest BCUT2D eigenvalue weighted by atomic mass is 16.6. The maximum absolute atomic E-state index is 10.8. The molecule has 1 aromatic carbocycles. The Labute approximate surface area is 125 Å². The van der Waals surface area contributed by atoms with E-state index in [1.807, 2.05) is 12.1 Å². The Morgan fingerprint density at radius 3 is 2.68 bits per heavy atom. The van der Waals surface area contributed by atoms with Crippen LogP contribution in [0, 0.1) is 21.4 Å². The number of aromatic nitrogens is 2. The first-order valence-electron chi connectivity index (χ1n) is 6.52. The number of imidazole rings is 1. The minimum Gasteiger partial charge on any atom is -0.379 e. The third-order valence-electron chi connectivity index (χ3n) is 3.18. The Balaban J connectivity index is 1.76. The smallest absolute Gasteiger partial charge is 0.286 e. The zero-order valence-electron chi connectivity index (χ0n) is 11.4. The number of hydrogen-bond acceptors (Lipinski definition) is 5. The molecule has 7 nitrogen and oxygen atoms in total. The fraction of sp³-hybridized carbons (Fsp3) is 0.0667. The van der Waals surface area contributed by atoms with Crippen molar-refractivity contribution in [3.05, 3.63) is 70.2 Å². The van der Waals surface area contributed by atoms with Crippen LogP contribution in [0.25, 0.3) is 5.65 Å². The summed E-state index contributed by atoms with van der Waals surface area (Å²) in [7, 11) is 0. The van der Waals surface area contributed by atoms with Crippen molar-refractivity contribution in [1.82, 2.24) is 9.38 Å². The highest BCUT2D eigenvalue weighted by Crippen LogP contribution is 2.15. The summed E-state index contributed by atoms with van der Waals surface area (Å²) in [5.41, 5.74) is 2.93. The van der Waals surface area contributed by atoms with Crippen LogP contribution in [-0.2, 0) is 6.54 Å². The molecule has 22 heavy (non-hydrogen) atoms. The molecule has 3 rings (SSSR count). The van der Waals surface area contributed by atoms with Crippen LogP contribution in [0.4, 0.5) is 11.4 Å². The minimum absolute atomic E-state index is 0.0245. The summed E-state index contributed by atoms with van der Waals surface area (Å²) >= 11 is 0. The first kappa shape index (κ1) is 13.6. The molecular formula is C15H11N5O2. The van der Waals surface area contributed by atoms with Gasteiger partial charge in [0.2, 0.25) is 0 Å². The van der Waals surface area contributed by atoms with Crippen LogP contribution in [-0.4, -0.2) is 14.3 Å². The van der Waals surface area contributed by atoms with Gasteiger partial charge >= 0.3 is 0 Å². The van der Waals surface area contributed by atoms with Crippen LogP contribution in [0.15, 0.2) is 48.8 Å². The number of nitriles is 1. The molecule has 1 N–H and O–H groups in total. The molecule has 0 bridgehead atoms. The molecule has 0 unspecified atom stereocenters. The van der Waals surface area contributed by atoms with Crippen molar-refractivity contribution in [2.75, 3.05) is 5.32 Å². The average molecular weight is 293 g/mol. The largest absolute Gasteiger partial charge is 0.379 e. The van der Waals surface area contributed by atoms with Crippen LogP contribution in [0.1, 0.15) is 11.3 Å². The van der Waals surface area contributed by atoms with E-state index in [2.05, 4.69) is 16.4 Å². The van der Waals surface area contributed by atoms with E-state index in [0.717, 1.165) is 11.4 Å². The molecule has 2 heterocycles. The van der Waals surface area contributed by atoms with Gasteiger partial charge in [-0.1, -0.05) is 0 Å². The molecule has 0 fully saturated rings. The zero-order valence-corrected chi connectivity index (χ0v) is 11.4. The summed E-state index contributed by atoms with van der Waals surface area (Å²) in [6.45, 7) is 0.487. The summed E-state index contributed by atoms with van der Waals surface area (Å²) < 4.78 is 1.63. The fourth-order valence-electron chi connectivity index (χ4n) is 2.08. The van der Waals surface area contributed by atoms with Crippen molar-refractivity contribution in [3.8, 4) is 6.07 Å². The monoisotopic (exact) mass is 293 g/mol. The Kier molecular flexibility index (Phi) is 3.42. The van der Waals surface area contributed by atoms with Gasteiger partial charge in [0.1, 0.15) is 5.65 Å². The van der Waals surface area contributed by atoms with Crippen molar-refractivity contribution in [3.63, 3.8) is 0 Å². The molecule has 0 aliphatic heterocycles. The van der Waals surface area contributed by atoms with Gasteiger partial charge in [0.25, 0.3) is 5.69 Å². The predicted octanol–water partition coefficient (Wildman–Crippen LogP) is 2.73. The number of hydrogen-bond donors (Lipinski definition) is 1. The molecule has 7 heteroatoms. The number of anilines is 1. The van der Waals surface area contributed by atoms with E-state index in [0.29, 0.717) is 17.8 Å². The van der Waals surface area contributed by atoms with E-state index >= 15 is 0 Å². The molecule has 0 atom stereocenters. The Bertz CT molecular complexity index is 877. The lowest BCUT2D eigenvalue weighted by atomic mass is 10.2. The molecule has 2 aromatic heterocycles. The quantitative estimate of drug-likeness (QED) is 0.589. The molecule has 0 aliphatic carbocycles. The third kappa shape index (κ3) is 2.71. The van der Waals surface area contributed by atoms with Gasteiger partial charge in [0, 0.05) is 18.0 Å². The Hall–Kier alpha value is -3.40. The first-order chi connectivity index (χ1) is 10.7. The number of fused-ring (bicyclic) bond motifs is 1. The summed E-state index contributed by atoms with van der Waals surface area (Å²) in [5, 5.41) is 22.7. The lowest BCUT2D eigenvalue weighted by Crippen LogP contribution is -1.99. The maximum Gasteiger partial charge on any atom is 0.286 e. The van der Waals surface area contributed by atoms with Crippen molar-refractivity contribution in [1.29, 1.82) is 5.26 Å². The van der Waals surface area contributed by atoms with Crippen molar-refractivity contribution < 1.29 is 4.92 Å². The van der Waals surface area contributed by atoms with E-state index in [4.69, 9.17) is 5.26 Å². The molecule has 3 aromatic rings. The highest BCUT2D eigenvalue weighted by molar-refractivity contribution is 5.49. The average Bonchev–Trinajstić information content (AvgIpc) is 2.95. The van der Waals surface area contributed by atoms with Crippen LogP contribution in [0.2, 0.25) is 0 Å². The van der Waals surface area contributed by atoms with E-state index in [9.17, 15) is 10.1 Å². The number of nitrogens with zero attached hydrogens (tertiary/aromatic N) is 4. The molecule has 0 spiro atoms. The van der Waals surface area contributed by atoms with Gasteiger partial charge in [-0.15, -0.1) is 0 Å². The van der Waals surface area contributed by atoms with Gasteiger partial charge in [0.15, 0.2) is 0 Å². The molecule has 108 valence electrons. The second-order valence-electron chi connectivity index (χ2n) is 4.68. The minimum atomic E-state index is -0.436. The molecular weight excluding hydrogens is 282 g/mol. The SMILES string of the molecule is N#Cc1ccc(NCc2cn3cc([N+](=O)[O-])ccc3n2)cc1. The number of nitrogens with one attached hydrogen (secondary N) is 1. The second-order valence-corrected chi connectivity index (χ2v) is 4.68. The van der Waals surface area contributed by atoms with Crippen LogP contribution < -0.4 is 5.32 Å². The van der Waals surface area contributed by atoms with Crippen LogP contribution >= 0.6 is 0 Å². The summed E-state index contributed by atoms with van der Waals surface area (Å²) in [4.78, 5) is 14.7. The van der Waals surface area contributed by atoms with Crippen molar-refractivity contribution in [2.45, 2.75) is 6.54 Å². The van der Waals surface area contributed by atoms with Gasteiger partial charge in [-0.05, 0) is 30.3 Å². The summed E-state index contributed by atoms with van der Waals surface area (Å²) in [6.07, 6.45) is 3.19. The predicted molar refractivity (Wildman–Crippen MR) is 80.3 cm³/mol. The Morgan fingerprint density at radius 2 is 2.00 bits per heavy atom. The Morgan fingerprint density at radius 1 is 1.23 bits per heavy atom. The van der Waals surface area contributed by atoms with E-state index in [1.165, 1.54) is 12.3 Å². The maximum atomic E-state index is 10.8. The number of pyridine rings is 1. The standard InChI is InChI=1S/C15H11N5O2/c16-7-11-1-3-12(4-2-11)17-8-13-9-19-10-14(20(21)22)5-6-15(19)18-13/h1-6,9-10,17H,8H2. The van der Waals surface area contributed by atoms with Gasteiger partial charge in [-0.25, -0.2) is 4.98 Å². The van der Waals surface area contributed by atoms with E-state index in [1.54, 1.807) is 28.8 Å². The van der Waals surface area contributed by atoms with Crippen molar-refractivity contribution in [2.24, 2.45) is 0 Å².